The Bertz CT molecular complexity index is 788. The number of likely N-dealkylation sites (N-methyl/N-ethyl adjacent to an activating group) is 1. The minimum Gasteiger partial charge on any atom is -0.395 e. The molecule has 35 heavy (non-hydrogen) atoms. The molecule has 0 aliphatic heterocycles. The van der Waals surface area contributed by atoms with E-state index in [1.165, 1.54) is 11.0 Å². The van der Waals surface area contributed by atoms with Gasteiger partial charge in [-0.2, -0.15) is 0 Å². The van der Waals surface area contributed by atoms with Crippen molar-refractivity contribution >= 4 is 11.8 Å². The van der Waals surface area contributed by atoms with Gasteiger partial charge in [0.25, 0.3) is 11.8 Å². The van der Waals surface area contributed by atoms with Gasteiger partial charge in [0.05, 0.1) is 13.2 Å². The van der Waals surface area contributed by atoms with Gasteiger partial charge in [-0.05, 0) is 50.1 Å². The highest BCUT2D eigenvalue weighted by Crippen LogP contribution is 2.15. The van der Waals surface area contributed by atoms with Crippen molar-refractivity contribution in [1.29, 1.82) is 0 Å². The summed E-state index contributed by atoms with van der Waals surface area (Å²) in [5.74, 6) is -0.864. The largest absolute Gasteiger partial charge is 0.395 e. The number of aryl methyl sites for hydroxylation is 1. The Kier molecular flexibility index (Phi) is 13.9. The molecule has 11 nitrogen and oxygen atoms in total. The number of aliphatic hydroxyl groups is 5. The monoisotopic (exact) mass is 499 g/mol. The summed E-state index contributed by atoms with van der Waals surface area (Å²) in [6.45, 7) is 7.88. The van der Waals surface area contributed by atoms with Crippen LogP contribution in [0.3, 0.4) is 0 Å². The summed E-state index contributed by atoms with van der Waals surface area (Å²) in [7, 11) is 0. The summed E-state index contributed by atoms with van der Waals surface area (Å²) >= 11 is 0. The molecule has 11 heteroatoms. The van der Waals surface area contributed by atoms with Gasteiger partial charge in [0, 0.05) is 30.8 Å². The lowest BCUT2D eigenvalue weighted by Gasteiger charge is -2.35. The van der Waals surface area contributed by atoms with E-state index >= 15 is 0 Å². The van der Waals surface area contributed by atoms with Gasteiger partial charge in [0.2, 0.25) is 0 Å². The molecule has 1 unspecified atom stereocenters. The molecule has 0 saturated carbocycles. The Morgan fingerprint density at radius 3 is 2.06 bits per heavy atom. The first kappa shape index (κ1) is 30.9. The fourth-order valence-corrected chi connectivity index (χ4v) is 3.71. The van der Waals surface area contributed by atoms with Crippen LogP contribution in [0.25, 0.3) is 0 Å². The lowest BCUT2D eigenvalue weighted by molar-refractivity contribution is -0.194. The highest BCUT2D eigenvalue weighted by atomic mass is 16.7. The number of hydroxylamine groups is 1. The number of hydrogen-bond donors (Lipinski definition) is 6. The van der Waals surface area contributed by atoms with Crippen LogP contribution in [-0.4, -0.2) is 111 Å². The first-order valence-corrected chi connectivity index (χ1v) is 12.0. The first-order valence-electron chi connectivity index (χ1n) is 12.0. The van der Waals surface area contributed by atoms with Gasteiger partial charge in [0.1, 0.15) is 18.3 Å². The fraction of sp³-hybridized carbons (Fsp3) is 0.667. The SMILES string of the molecule is CCCN(CCC)C(=O)c1cc(C)cc(C(=O)NOC([C@H](O)[C@@H](O)[C@@H](O)CO)N(CC)CCO)c1. The Morgan fingerprint density at radius 2 is 1.54 bits per heavy atom. The summed E-state index contributed by atoms with van der Waals surface area (Å²) in [6.07, 6.45) is -4.87. The predicted octanol–water partition coefficient (Wildman–Crippen LogP) is -0.366. The summed E-state index contributed by atoms with van der Waals surface area (Å²) in [4.78, 5) is 34.5. The Balaban J connectivity index is 3.11. The maximum absolute atomic E-state index is 13.0. The van der Waals surface area contributed by atoms with Gasteiger partial charge in [0.15, 0.2) is 6.23 Å². The van der Waals surface area contributed by atoms with E-state index in [4.69, 9.17) is 9.94 Å². The molecule has 1 aromatic carbocycles. The zero-order valence-electron chi connectivity index (χ0n) is 21.1. The molecule has 0 spiro atoms. The second-order valence-corrected chi connectivity index (χ2v) is 8.40. The lowest BCUT2D eigenvalue weighted by Crippen LogP contribution is -2.56. The Labute approximate surface area is 206 Å². The van der Waals surface area contributed by atoms with Crippen molar-refractivity contribution in [2.75, 3.05) is 39.4 Å². The third kappa shape index (κ3) is 9.12. The Morgan fingerprint density at radius 1 is 0.943 bits per heavy atom. The lowest BCUT2D eigenvalue weighted by atomic mass is 10.0. The zero-order valence-corrected chi connectivity index (χ0v) is 21.1. The molecular weight excluding hydrogens is 458 g/mol. The summed E-state index contributed by atoms with van der Waals surface area (Å²) in [5, 5.41) is 48.8. The van der Waals surface area contributed by atoms with Gasteiger partial charge in [-0.1, -0.05) is 20.8 Å². The van der Waals surface area contributed by atoms with Crippen LogP contribution in [0.1, 0.15) is 59.9 Å². The molecule has 0 saturated heterocycles. The van der Waals surface area contributed by atoms with E-state index in [1.54, 1.807) is 30.9 Å². The fourth-order valence-electron chi connectivity index (χ4n) is 3.71. The minimum absolute atomic E-state index is 0.0455. The summed E-state index contributed by atoms with van der Waals surface area (Å²) in [5.41, 5.74) is 3.46. The topological polar surface area (TPSA) is 163 Å². The van der Waals surface area contributed by atoms with Crippen LogP contribution in [0.4, 0.5) is 0 Å². The van der Waals surface area contributed by atoms with Gasteiger partial charge < -0.3 is 30.4 Å². The average Bonchev–Trinajstić information content (AvgIpc) is 2.85. The standard InChI is InChI=1S/C24H41N3O8/c1-5-8-27(9-6-2)23(34)18-13-16(4)12-17(14-18)22(33)25-35-24(26(7-3)10-11-28)21(32)20(31)19(30)15-29/h12-14,19-21,24,28-32H,5-11,15H2,1-4H3,(H,25,33)/t19-,20-,21+,24?/m0/s1. The number of nitrogens with one attached hydrogen (secondary N) is 1. The van der Waals surface area contributed by atoms with Crippen LogP contribution in [0.15, 0.2) is 18.2 Å². The number of aliphatic hydroxyl groups excluding tert-OH is 5. The van der Waals surface area contributed by atoms with Crippen LogP contribution in [-0.2, 0) is 4.84 Å². The maximum Gasteiger partial charge on any atom is 0.274 e. The quantitative estimate of drug-likeness (QED) is 0.132. The summed E-state index contributed by atoms with van der Waals surface area (Å²) in [6, 6.07) is 4.76. The maximum atomic E-state index is 13.0. The molecule has 0 heterocycles. The van der Waals surface area contributed by atoms with Crippen molar-refractivity contribution in [1.82, 2.24) is 15.3 Å². The molecule has 6 N–H and O–H groups in total. The van der Waals surface area contributed by atoms with Crippen LogP contribution in [0.2, 0.25) is 0 Å². The molecule has 1 aromatic rings. The van der Waals surface area contributed by atoms with E-state index in [1.807, 2.05) is 13.8 Å². The smallest absolute Gasteiger partial charge is 0.274 e. The van der Waals surface area contributed by atoms with Gasteiger partial charge >= 0.3 is 0 Å². The molecule has 0 aromatic heterocycles. The van der Waals surface area contributed by atoms with E-state index in [2.05, 4.69) is 5.48 Å². The number of benzene rings is 1. The van der Waals surface area contributed by atoms with E-state index in [-0.39, 0.29) is 31.2 Å². The van der Waals surface area contributed by atoms with Crippen molar-refractivity contribution in [3.05, 3.63) is 34.9 Å². The molecule has 0 fully saturated rings. The molecule has 200 valence electrons. The van der Waals surface area contributed by atoms with Crippen molar-refractivity contribution in [2.45, 2.75) is 65.1 Å². The number of carbonyl (C=O) groups is 2. The van der Waals surface area contributed by atoms with Crippen LogP contribution < -0.4 is 5.48 Å². The second kappa shape index (κ2) is 15.8. The molecule has 0 aliphatic rings. The van der Waals surface area contributed by atoms with Crippen LogP contribution in [0, 0.1) is 6.92 Å². The molecule has 0 bridgehead atoms. The predicted molar refractivity (Wildman–Crippen MR) is 129 cm³/mol. The molecule has 2 amide bonds. The second-order valence-electron chi connectivity index (χ2n) is 8.40. The Hall–Kier alpha value is -2.12. The van der Waals surface area contributed by atoms with Gasteiger partial charge in [-0.25, -0.2) is 5.48 Å². The van der Waals surface area contributed by atoms with Crippen molar-refractivity contribution in [3.63, 3.8) is 0 Å². The number of amides is 2. The van der Waals surface area contributed by atoms with E-state index in [9.17, 15) is 30.0 Å². The van der Waals surface area contributed by atoms with Crippen LogP contribution in [0.5, 0.6) is 0 Å². The molecule has 0 radical (unpaired) electrons. The highest BCUT2D eigenvalue weighted by Gasteiger charge is 2.36. The molecule has 4 atom stereocenters. The average molecular weight is 500 g/mol. The number of hydrogen-bond acceptors (Lipinski definition) is 9. The number of nitrogens with zero attached hydrogens (tertiary/aromatic N) is 2. The van der Waals surface area contributed by atoms with E-state index in [0.29, 0.717) is 24.2 Å². The van der Waals surface area contributed by atoms with Gasteiger partial charge in [-0.15, -0.1) is 0 Å². The zero-order chi connectivity index (χ0) is 26.5. The normalized spacial score (nSPS) is 14.9. The van der Waals surface area contributed by atoms with E-state index in [0.717, 1.165) is 12.8 Å². The van der Waals surface area contributed by atoms with Gasteiger partial charge in [-0.3, -0.25) is 19.3 Å². The molecule has 0 aliphatic carbocycles. The van der Waals surface area contributed by atoms with Crippen molar-refractivity contribution in [2.24, 2.45) is 0 Å². The number of rotatable bonds is 16. The highest BCUT2D eigenvalue weighted by molar-refractivity contribution is 5.99. The van der Waals surface area contributed by atoms with E-state index < -0.39 is 37.1 Å². The van der Waals surface area contributed by atoms with Crippen LogP contribution >= 0.6 is 0 Å². The van der Waals surface area contributed by atoms with Crippen molar-refractivity contribution < 1.29 is 40.0 Å². The molecular formula is C24H41N3O8. The minimum atomic E-state index is -1.78. The first-order chi connectivity index (χ1) is 16.6. The summed E-state index contributed by atoms with van der Waals surface area (Å²) < 4.78 is 0. The third-order valence-corrected chi connectivity index (χ3v) is 5.51. The molecule has 1 rings (SSSR count). The third-order valence-electron chi connectivity index (χ3n) is 5.51. The van der Waals surface area contributed by atoms with Crippen molar-refractivity contribution in [3.8, 4) is 0 Å². The number of carbonyl (C=O) groups excluding carboxylic acids is 2.